The summed E-state index contributed by atoms with van der Waals surface area (Å²) in [5.74, 6) is 1.62. The molecule has 0 bridgehead atoms. The Morgan fingerprint density at radius 3 is 2.82 bits per heavy atom. The maximum atomic E-state index is 11.2. The molecule has 0 atom stereocenters. The average Bonchev–Trinajstić information content (AvgIpc) is 2.17. The van der Waals surface area contributed by atoms with E-state index < -0.39 is 0 Å². The maximum absolute atomic E-state index is 11.2. The number of benzene rings is 1. The third-order valence-electron chi connectivity index (χ3n) is 3.16. The summed E-state index contributed by atoms with van der Waals surface area (Å²) in [5, 5.41) is 0.650. The number of halogens is 1. The van der Waals surface area contributed by atoms with Crippen LogP contribution in [0.3, 0.4) is 0 Å². The highest BCUT2D eigenvalue weighted by molar-refractivity contribution is 6.30. The summed E-state index contributed by atoms with van der Waals surface area (Å²) in [7, 11) is 0. The van der Waals surface area contributed by atoms with Crippen LogP contribution >= 0.6 is 11.6 Å². The van der Waals surface area contributed by atoms with Crippen molar-refractivity contribution in [1.29, 1.82) is 0 Å². The van der Waals surface area contributed by atoms with E-state index in [1.165, 1.54) is 19.3 Å². The van der Waals surface area contributed by atoms with E-state index in [-0.39, 0.29) is 5.78 Å². The van der Waals surface area contributed by atoms with Gasteiger partial charge in [-0.15, -0.1) is 0 Å². The minimum atomic E-state index is 0.126. The molecule has 1 aliphatic carbocycles. The lowest BCUT2D eigenvalue weighted by Crippen LogP contribution is -2.19. The van der Waals surface area contributed by atoms with Gasteiger partial charge in [-0.3, -0.25) is 4.79 Å². The Morgan fingerprint density at radius 1 is 1.47 bits per heavy atom. The van der Waals surface area contributed by atoms with Gasteiger partial charge >= 0.3 is 0 Å². The molecule has 2 rings (SSSR count). The number of rotatable bonds is 5. The van der Waals surface area contributed by atoms with E-state index in [0.717, 1.165) is 17.9 Å². The predicted octanol–water partition coefficient (Wildman–Crippen LogP) is 3.65. The van der Waals surface area contributed by atoms with Crippen molar-refractivity contribution in [2.24, 2.45) is 5.92 Å². The van der Waals surface area contributed by atoms with Crippen LogP contribution < -0.4 is 4.74 Å². The number of ether oxygens (including phenoxy) is 1. The van der Waals surface area contributed by atoms with Gasteiger partial charge in [0, 0.05) is 17.0 Å². The summed E-state index contributed by atoms with van der Waals surface area (Å²) >= 11 is 5.93. The lowest BCUT2D eigenvalue weighted by Gasteiger charge is -2.25. The summed E-state index contributed by atoms with van der Waals surface area (Å²) in [4.78, 5) is 11.2. The Balaban J connectivity index is 2.04. The van der Waals surface area contributed by atoms with Crippen molar-refractivity contribution in [3.63, 3.8) is 0 Å². The van der Waals surface area contributed by atoms with Crippen LogP contribution in [0.2, 0.25) is 5.02 Å². The Hall–Kier alpha value is -1.02. The lowest BCUT2D eigenvalue weighted by molar-refractivity contribution is -0.116. The fourth-order valence-electron chi connectivity index (χ4n) is 1.96. The Bertz CT molecular complexity index is 411. The molecule has 1 saturated carbocycles. The number of hydrogen-bond donors (Lipinski definition) is 0. The van der Waals surface area contributed by atoms with Gasteiger partial charge in [0.1, 0.15) is 11.5 Å². The summed E-state index contributed by atoms with van der Waals surface area (Å²) < 4.78 is 5.79. The molecule has 0 amide bonds. The van der Waals surface area contributed by atoms with Gasteiger partial charge < -0.3 is 4.74 Å². The van der Waals surface area contributed by atoms with Gasteiger partial charge in [-0.25, -0.2) is 0 Å². The van der Waals surface area contributed by atoms with Crippen LogP contribution in [0.15, 0.2) is 18.2 Å². The van der Waals surface area contributed by atoms with E-state index in [4.69, 9.17) is 16.3 Å². The molecule has 3 heteroatoms. The zero-order valence-corrected chi connectivity index (χ0v) is 10.8. The van der Waals surface area contributed by atoms with E-state index in [2.05, 4.69) is 0 Å². The molecule has 0 aliphatic heterocycles. The van der Waals surface area contributed by atoms with Crippen molar-refractivity contribution in [3.05, 3.63) is 28.8 Å². The topological polar surface area (TPSA) is 26.3 Å². The zero-order chi connectivity index (χ0) is 12.3. The first-order chi connectivity index (χ1) is 8.15. The number of hydrogen-bond acceptors (Lipinski definition) is 2. The lowest BCUT2D eigenvalue weighted by atomic mass is 9.86. The fourth-order valence-corrected chi connectivity index (χ4v) is 2.16. The molecule has 0 N–H and O–H groups in total. The van der Waals surface area contributed by atoms with E-state index in [9.17, 15) is 4.79 Å². The minimum Gasteiger partial charge on any atom is -0.493 e. The zero-order valence-electron chi connectivity index (χ0n) is 10.0. The second-order valence-corrected chi connectivity index (χ2v) is 5.18. The molecule has 0 heterocycles. The molecule has 0 aromatic heterocycles. The van der Waals surface area contributed by atoms with E-state index in [0.29, 0.717) is 17.4 Å². The molecule has 2 nitrogen and oxygen atoms in total. The molecular weight excluding hydrogens is 236 g/mol. The van der Waals surface area contributed by atoms with E-state index >= 15 is 0 Å². The Kier molecular flexibility index (Phi) is 4.06. The average molecular weight is 253 g/mol. The monoisotopic (exact) mass is 252 g/mol. The Morgan fingerprint density at radius 2 is 2.24 bits per heavy atom. The van der Waals surface area contributed by atoms with Crippen molar-refractivity contribution in [3.8, 4) is 5.75 Å². The van der Waals surface area contributed by atoms with Crippen LogP contribution in [0.4, 0.5) is 0 Å². The quantitative estimate of drug-likeness (QED) is 0.800. The highest BCUT2D eigenvalue weighted by atomic mass is 35.5. The van der Waals surface area contributed by atoms with Crippen molar-refractivity contribution < 1.29 is 9.53 Å². The fraction of sp³-hybridized carbons (Fsp3) is 0.500. The van der Waals surface area contributed by atoms with E-state index in [1.807, 2.05) is 12.1 Å². The third-order valence-corrected chi connectivity index (χ3v) is 3.40. The predicted molar refractivity (Wildman–Crippen MR) is 68.7 cm³/mol. The number of carbonyl (C=O) groups excluding carboxylic acids is 1. The molecule has 1 aromatic carbocycles. The Labute approximate surface area is 107 Å². The van der Waals surface area contributed by atoms with Gasteiger partial charge in [-0.05, 0) is 43.9 Å². The van der Waals surface area contributed by atoms with Gasteiger partial charge in [0.2, 0.25) is 0 Å². The summed E-state index contributed by atoms with van der Waals surface area (Å²) in [6.45, 7) is 2.34. The van der Waals surface area contributed by atoms with Gasteiger partial charge in [-0.2, -0.15) is 0 Å². The molecule has 17 heavy (non-hydrogen) atoms. The van der Waals surface area contributed by atoms with Crippen LogP contribution in [-0.4, -0.2) is 12.4 Å². The molecule has 0 unspecified atom stereocenters. The molecule has 0 spiro atoms. The van der Waals surface area contributed by atoms with Crippen molar-refractivity contribution >= 4 is 17.4 Å². The second kappa shape index (κ2) is 5.54. The SMILES string of the molecule is CC(=O)Cc1cc(Cl)ccc1OCC1CCC1. The molecule has 1 aliphatic rings. The summed E-state index contributed by atoms with van der Waals surface area (Å²) in [6, 6.07) is 5.49. The number of ketones is 1. The standard InChI is InChI=1S/C14H17ClO2/c1-10(16)7-12-8-13(15)5-6-14(12)17-9-11-3-2-4-11/h5-6,8,11H,2-4,7,9H2,1H3. The highest BCUT2D eigenvalue weighted by Gasteiger charge is 2.18. The van der Waals surface area contributed by atoms with Gasteiger partial charge in [0.05, 0.1) is 6.61 Å². The number of carbonyl (C=O) groups is 1. The first-order valence-electron chi connectivity index (χ1n) is 6.06. The van der Waals surface area contributed by atoms with Crippen molar-refractivity contribution in [1.82, 2.24) is 0 Å². The number of Topliss-reactive ketones (excluding diaryl/α,β-unsaturated/α-hetero) is 1. The van der Waals surface area contributed by atoms with Crippen LogP contribution in [0.1, 0.15) is 31.7 Å². The van der Waals surface area contributed by atoms with Gasteiger partial charge in [0.15, 0.2) is 0 Å². The first kappa shape index (κ1) is 12.4. The molecule has 0 radical (unpaired) electrons. The molecular formula is C14H17ClO2. The van der Waals surface area contributed by atoms with Crippen molar-refractivity contribution in [2.75, 3.05) is 6.61 Å². The largest absolute Gasteiger partial charge is 0.493 e. The molecule has 92 valence electrons. The minimum absolute atomic E-state index is 0.126. The normalized spacial score (nSPS) is 15.4. The first-order valence-corrected chi connectivity index (χ1v) is 6.43. The highest BCUT2D eigenvalue weighted by Crippen LogP contribution is 2.29. The van der Waals surface area contributed by atoms with Crippen LogP contribution in [0.25, 0.3) is 0 Å². The van der Waals surface area contributed by atoms with Gasteiger partial charge in [-0.1, -0.05) is 18.0 Å². The summed E-state index contributed by atoms with van der Waals surface area (Å²) in [6.07, 6.45) is 4.22. The summed E-state index contributed by atoms with van der Waals surface area (Å²) in [5.41, 5.74) is 0.893. The smallest absolute Gasteiger partial charge is 0.134 e. The van der Waals surface area contributed by atoms with Crippen molar-refractivity contribution in [2.45, 2.75) is 32.6 Å². The van der Waals surface area contributed by atoms with Crippen LogP contribution in [-0.2, 0) is 11.2 Å². The van der Waals surface area contributed by atoms with Crippen LogP contribution in [0.5, 0.6) is 5.75 Å². The third kappa shape index (κ3) is 3.47. The van der Waals surface area contributed by atoms with Gasteiger partial charge in [0.25, 0.3) is 0 Å². The molecule has 1 aromatic rings. The van der Waals surface area contributed by atoms with Crippen LogP contribution in [0, 0.1) is 5.92 Å². The second-order valence-electron chi connectivity index (χ2n) is 4.74. The molecule has 0 saturated heterocycles. The van der Waals surface area contributed by atoms with E-state index in [1.54, 1.807) is 13.0 Å². The molecule has 1 fully saturated rings. The maximum Gasteiger partial charge on any atom is 0.134 e.